The molecule has 1 aliphatic rings. The summed E-state index contributed by atoms with van der Waals surface area (Å²) in [6, 6.07) is 14.2. The highest BCUT2D eigenvalue weighted by Crippen LogP contribution is 2.27. The smallest absolute Gasteiger partial charge is 0.247 e. The second kappa shape index (κ2) is 5.97. The van der Waals surface area contributed by atoms with Crippen LogP contribution >= 0.6 is 0 Å². The average Bonchev–Trinajstić information content (AvgIpc) is 2.90. The summed E-state index contributed by atoms with van der Waals surface area (Å²) in [6.45, 7) is 0. The van der Waals surface area contributed by atoms with Crippen LogP contribution in [0.25, 0.3) is 0 Å². The molecule has 2 aromatic carbocycles. The molecule has 1 atom stereocenters. The van der Waals surface area contributed by atoms with Gasteiger partial charge in [0.15, 0.2) is 0 Å². The lowest BCUT2D eigenvalue weighted by Crippen LogP contribution is -2.41. The summed E-state index contributed by atoms with van der Waals surface area (Å²) >= 11 is 0. The normalized spacial score (nSPS) is 17.6. The molecule has 2 aromatic rings. The first kappa shape index (κ1) is 14.3. The Hall–Kier alpha value is -2.69. The fourth-order valence-electron chi connectivity index (χ4n) is 2.64. The number of amides is 2. The molecule has 4 nitrogen and oxygen atoms in total. The third-order valence-electron chi connectivity index (χ3n) is 3.64. The van der Waals surface area contributed by atoms with Crippen LogP contribution in [0.15, 0.2) is 54.6 Å². The highest BCUT2D eigenvalue weighted by atomic mass is 19.1. The third kappa shape index (κ3) is 2.83. The van der Waals surface area contributed by atoms with Crippen molar-refractivity contribution in [1.29, 1.82) is 0 Å². The van der Waals surface area contributed by atoms with Crippen molar-refractivity contribution in [1.82, 2.24) is 0 Å². The maximum Gasteiger partial charge on any atom is 0.247 e. The van der Waals surface area contributed by atoms with Gasteiger partial charge in [0, 0.05) is 17.8 Å². The lowest BCUT2D eigenvalue weighted by Gasteiger charge is -2.24. The third-order valence-corrected chi connectivity index (χ3v) is 3.64. The molecule has 22 heavy (non-hydrogen) atoms. The van der Waals surface area contributed by atoms with Gasteiger partial charge in [0.1, 0.15) is 11.9 Å². The molecule has 0 aromatic heterocycles. The summed E-state index contributed by atoms with van der Waals surface area (Å²) in [5.74, 6) is -0.800. The molecule has 0 saturated carbocycles. The Bertz CT molecular complexity index is 703. The van der Waals surface area contributed by atoms with Gasteiger partial charge in [0.25, 0.3) is 0 Å². The van der Waals surface area contributed by atoms with Crippen molar-refractivity contribution in [3.05, 3.63) is 60.4 Å². The zero-order valence-electron chi connectivity index (χ0n) is 11.8. The summed E-state index contributed by atoms with van der Waals surface area (Å²) in [5, 5.41) is 2.67. The predicted octanol–water partition coefficient (Wildman–Crippen LogP) is 2.96. The van der Waals surface area contributed by atoms with E-state index in [9.17, 15) is 14.0 Å². The Balaban J connectivity index is 1.81. The number of carbonyl (C=O) groups is 2. The maximum absolute atomic E-state index is 13.2. The molecule has 3 rings (SSSR count). The maximum atomic E-state index is 13.2. The van der Waals surface area contributed by atoms with Crippen LogP contribution in [-0.4, -0.2) is 17.9 Å². The molecule has 1 heterocycles. The molecule has 5 heteroatoms. The van der Waals surface area contributed by atoms with Gasteiger partial charge >= 0.3 is 0 Å². The largest absolute Gasteiger partial charge is 0.324 e. The number of para-hydroxylation sites is 1. The number of nitrogens with one attached hydrogen (secondary N) is 1. The van der Waals surface area contributed by atoms with E-state index < -0.39 is 11.9 Å². The number of anilines is 2. The summed E-state index contributed by atoms with van der Waals surface area (Å²) < 4.78 is 13.2. The molecule has 1 saturated heterocycles. The Morgan fingerprint density at radius 1 is 1.14 bits per heavy atom. The van der Waals surface area contributed by atoms with Gasteiger partial charge in [-0.3, -0.25) is 14.5 Å². The minimum absolute atomic E-state index is 0.0782. The molecular weight excluding hydrogens is 283 g/mol. The van der Waals surface area contributed by atoms with Gasteiger partial charge in [0.2, 0.25) is 11.8 Å². The zero-order chi connectivity index (χ0) is 15.5. The number of rotatable bonds is 3. The van der Waals surface area contributed by atoms with Crippen molar-refractivity contribution >= 4 is 23.2 Å². The summed E-state index contributed by atoms with van der Waals surface area (Å²) in [5.41, 5.74) is 1.08. The molecule has 0 radical (unpaired) electrons. The van der Waals surface area contributed by atoms with E-state index in [-0.39, 0.29) is 11.8 Å². The first-order valence-electron chi connectivity index (χ1n) is 7.09. The number of carbonyl (C=O) groups excluding carboxylic acids is 2. The number of hydrogen-bond donors (Lipinski definition) is 1. The van der Waals surface area contributed by atoms with Crippen LogP contribution < -0.4 is 10.2 Å². The molecule has 112 valence electrons. The van der Waals surface area contributed by atoms with E-state index in [2.05, 4.69) is 5.32 Å². The minimum Gasteiger partial charge on any atom is -0.324 e. The van der Waals surface area contributed by atoms with Gasteiger partial charge in [-0.05, 0) is 36.8 Å². The molecule has 0 aliphatic carbocycles. The van der Waals surface area contributed by atoms with Gasteiger partial charge in [-0.15, -0.1) is 0 Å². The standard InChI is InChI=1S/C17H15FN2O2/c18-12-5-4-6-13(11-12)19-17(22)15-9-10-16(21)20(15)14-7-2-1-3-8-14/h1-8,11,15H,9-10H2,(H,19,22). The van der Waals surface area contributed by atoms with E-state index in [0.29, 0.717) is 24.2 Å². The number of hydrogen-bond acceptors (Lipinski definition) is 2. The lowest BCUT2D eigenvalue weighted by atomic mass is 10.2. The fraction of sp³-hybridized carbons (Fsp3) is 0.176. The fourth-order valence-corrected chi connectivity index (χ4v) is 2.64. The van der Waals surface area contributed by atoms with E-state index in [0.717, 1.165) is 0 Å². The zero-order valence-corrected chi connectivity index (χ0v) is 11.8. The Morgan fingerprint density at radius 2 is 1.91 bits per heavy atom. The van der Waals surface area contributed by atoms with Crippen molar-refractivity contribution in [3.8, 4) is 0 Å². The van der Waals surface area contributed by atoms with Crippen molar-refractivity contribution in [3.63, 3.8) is 0 Å². The quantitative estimate of drug-likeness (QED) is 0.947. The van der Waals surface area contributed by atoms with Crippen molar-refractivity contribution in [2.75, 3.05) is 10.2 Å². The number of benzene rings is 2. The van der Waals surface area contributed by atoms with Crippen LogP contribution in [0.3, 0.4) is 0 Å². The van der Waals surface area contributed by atoms with Crippen LogP contribution in [0.1, 0.15) is 12.8 Å². The van der Waals surface area contributed by atoms with Crippen molar-refractivity contribution in [2.45, 2.75) is 18.9 Å². The minimum atomic E-state index is -0.571. The van der Waals surface area contributed by atoms with E-state index in [4.69, 9.17) is 0 Å². The molecule has 0 bridgehead atoms. The van der Waals surface area contributed by atoms with E-state index in [1.54, 1.807) is 18.2 Å². The number of halogens is 1. The van der Waals surface area contributed by atoms with Crippen molar-refractivity contribution in [2.24, 2.45) is 0 Å². The molecule has 2 amide bonds. The van der Waals surface area contributed by atoms with Crippen LogP contribution in [0, 0.1) is 5.82 Å². The van der Waals surface area contributed by atoms with Crippen LogP contribution in [0.2, 0.25) is 0 Å². The SMILES string of the molecule is O=C(Nc1cccc(F)c1)C1CCC(=O)N1c1ccccc1. The second-order valence-electron chi connectivity index (χ2n) is 5.15. The Labute approximate surface area is 127 Å². The van der Waals surface area contributed by atoms with Crippen LogP contribution in [-0.2, 0) is 9.59 Å². The van der Waals surface area contributed by atoms with Crippen molar-refractivity contribution < 1.29 is 14.0 Å². The Morgan fingerprint density at radius 3 is 2.64 bits per heavy atom. The highest BCUT2D eigenvalue weighted by molar-refractivity contribution is 6.07. The van der Waals surface area contributed by atoms with Crippen LogP contribution in [0.4, 0.5) is 15.8 Å². The van der Waals surface area contributed by atoms with Gasteiger partial charge in [-0.25, -0.2) is 4.39 Å². The van der Waals surface area contributed by atoms with E-state index in [1.807, 2.05) is 18.2 Å². The van der Waals surface area contributed by atoms with Gasteiger partial charge in [0.05, 0.1) is 0 Å². The lowest BCUT2D eigenvalue weighted by molar-refractivity contribution is -0.120. The molecule has 1 aliphatic heterocycles. The summed E-state index contributed by atoms with van der Waals surface area (Å²) in [6.07, 6.45) is 0.783. The molecule has 1 fully saturated rings. The Kier molecular flexibility index (Phi) is 3.87. The second-order valence-corrected chi connectivity index (χ2v) is 5.15. The number of nitrogens with zero attached hydrogens (tertiary/aromatic N) is 1. The molecular formula is C17H15FN2O2. The molecule has 1 unspecified atom stereocenters. The van der Waals surface area contributed by atoms with Gasteiger partial charge in [-0.2, -0.15) is 0 Å². The predicted molar refractivity (Wildman–Crippen MR) is 82.0 cm³/mol. The topological polar surface area (TPSA) is 49.4 Å². The van der Waals surface area contributed by atoms with E-state index >= 15 is 0 Å². The first-order chi connectivity index (χ1) is 10.6. The van der Waals surface area contributed by atoms with Gasteiger partial charge < -0.3 is 5.32 Å². The summed E-state index contributed by atoms with van der Waals surface area (Å²) in [4.78, 5) is 26.0. The van der Waals surface area contributed by atoms with Gasteiger partial charge in [-0.1, -0.05) is 24.3 Å². The molecule has 1 N–H and O–H groups in total. The summed E-state index contributed by atoms with van der Waals surface area (Å²) in [7, 11) is 0. The van der Waals surface area contributed by atoms with E-state index in [1.165, 1.54) is 23.1 Å². The average molecular weight is 298 g/mol. The highest BCUT2D eigenvalue weighted by Gasteiger charge is 2.36. The van der Waals surface area contributed by atoms with Crippen LogP contribution in [0.5, 0.6) is 0 Å². The molecule has 0 spiro atoms. The first-order valence-corrected chi connectivity index (χ1v) is 7.09. The monoisotopic (exact) mass is 298 g/mol.